The molecular weight excluding hydrogens is 224 g/mol. The molecule has 1 fully saturated rings. The smallest absolute Gasteiger partial charge is 0.365 e. The van der Waals surface area contributed by atoms with Gasteiger partial charge in [0.25, 0.3) is 0 Å². The van der Waals surface area contributed by atoms with E-state index in [0.29, 0.717) is 0 Å². The third-order valence-corrected chi connectivity index (χ3v) is 4.06. The Morgan fingerprint density at radius 2 is 2.19 bits per heavy atom. The first-order chi connectivity index (χ1) is 7.56. The molecule has 0 amide bonds. The molecule has 1 saturated heterocycles. The van der Waals surface area contributed by atoms with E-state index in [4.69, 9.17) is 5.11 Å². The Bertz CT molecular complexity index is 381. The number of likely N-dealkylation sites (tertiary alicyclic amines) is 1. The van der Waals surface area contributed by atoms with Crippen LogP contribution in [0.3, 0.4) is 0 Å². The lowest BCUT2D eigenvalue weighted by molar-refractivity contribution is 0.0696. The first-order valence-corrected chi connectivity index (χ1v) is 6.34. The fourth-order valence-electron chi connectivity index (χ4n) is 2.08. The number of hydrogen-bond acceptors (Lipinski definition) is 4. The van der Waals surface area contributed by atoms with Gasteiger partial charge >= 0.3 is 5.97 Å². The van der Waals surface area contributed by atoms with Crippen LogP contribution in [0.2, 0.25) is 0 Å². The predicted octanol–water partition coefficient (Wildman–Crippen LogP) is 1.93. The second-order valence-corrected chi connectivity index (χ2v) is 5.46. The standard InChI is InChI=1S/C11H16N2O2S/c1-7-3-13(4-8(7)2)5-9-6-16-10(12-9)11(14)15/h6-8H,3-5H2,1-2H3,(H,14,15). The van der Waals surface area contributed by atoms with Crippen molar-refractivity contribution in [1.29, 1.82) is 0 Å². The van der Waals surface area contributed by atoms with Gasteiger partial charge in [-0.25, -0.2) is 9.78 Å². The molecule has 0 saturated carbocycles. The van der Waals surface area contributed by atoms with E-state index >= 15 is 0 Å². The lowest BCUT2D eigenvalue weighted by atomic mass is 10.0. The maximum Gasteiger partial charge on any atom is 0.365 e. The minimum Gasteiger partial charge on any atom is -0.476 e. The van der Waals surface area contributed by atoms with Gasteiger partial charge in [-0.2, -0.15) is 0 Å². The van der Waals surface area contributed by atoms with E-state index < -0.39 is 5.97 Å². The Morgan fingerprint density at radius 1 is 1.56 bits per heavy atom. The molecule has 4 nitrogen and oxygen atoms in total. The highest BCUT2D eigenvalue weighted by atomic mass is 32.1. The van der Waals surface area contributed by atoms with Gasteiger partial charge in [0.2, 0.25) is 5.01 Å². The molecule has 0 aromatic carbocycles. The summed E-state index contributed by atoms with van der Waals surface area (Å²) in [5.74, 6) is 0.509. The van der Waals surface area contributed by atoms with E-state index in [2.05, 4.69) is 23.7 Å². The molecule has 1 aliphatic rings. The molecule has 16 heavy (non-hydrogen) atoms. The van der Waals surface area contributed by atoms with E-state index in [-0.39, 0.29) is 5.01 Å². The molecule has 0 bridgehead atoms. The summed E-state index contributed by atoms with van der Waals surface area (Å²) in [5.41, 5.74) is 0.878. The monoisotopic (exact) mass is 240 g/mol. The van der Waals surface area contributed by atoms with Crippen molar-refractivity contribution in [2.24, 2.45) is 11.8 Å². The second-order valence-electron chi connectivity index (χ2n) is 4.60. The van der Waals surface area contributed by atoms with Gasteiger partial charge in [0, 0.05) is 25.0 Å². The van der Waals surface area contributed by atoms with E-state index in [0.717, 1.165) is 37.2 Å². The van der Waals surface area contributed by atoms with Crippen molar-refractivity contribution in [3.05, 3.63) is 16.1 Å². The van der Waals surface area contributed by atoms with E-state index in [1.54, 1.807) is 0 Å². The highest BCUT2D eigenvalue weighted by molar-refractivity contribution is 7.11. The number of nitrogens with zero attached hydrogens (tertiary/aromatic N) is 2. The Kier molecular flexibility index (Phi) is 3.25. The van der Waals surface area contributed by atoms with Gasteiger partial charge in [-0.1, -0.05) is 13.8 Å². The van der Waals surface area contributed by atoms with Gasteiger partial charge in [0.1, 0.15) is 0 Å². The Morgan fingerprint density at radius 3 is 2.69 bits per heavy atom. The van der Waals surface area contributed by atoms with Crippen LogP contribution in [0.4, 0.5) is 0 Å². The first-order valence-electron chi connectivity index (χ1n) is 5.46. The average molecular weight is 240 g/mol. The zero-order chi connectivity index (χ0) is 11.7. The number of aromatic nitrogens is 1. The van der Waals surface area contributed by atoms with Crippen molar-refractivity contribution in [3.8, 4) is 0 Å². The minimum atomic E-state index is -0.931. The summed E-state index contributed by atoms with van der Waals surface area (Å²) in [6.07, 6.45) is 0. The van der Waals surface area contributed by atoms with Gasteiger partial charge in [-0.05, 0) is 11.8 Å². The number of rotatable bonds is 3. The minimum absolute atomic E-state index is 0.190. The van der Waals surface area contributed by atoms with Crippen LogP contribution in [0.5, 0.6) is 0 Å². The normalized spacial score (nSPS) is 26.1. The van der Waals surface area contributed by atoms with E-state index in [1.165, 1.54) is 11.3 Å². The zero-order valence-corrected chi connectivity index (χ0v) is 10.3. The highest BCUT2D eigenvalue weighted by Gasteiger charge is 2.26. The molecule has 1 aromatic rings. The molecule has 0 spiro atoms. The molecule has 2 rings (SSSR count). The number of aromatic carboxylic acids is 1. The number of carboxylic acid groups (broad SMARTS) is 1. The van der Waals surface area contributed by atoms with Crippen molar-refractivity contribution in [1.82, 2.24) is 9.88 Å². The number of carboxylic acids is 1. The maximum atomic E-state index is 10.7. The van der Waals surface area contributed by atoms with Crippen LogP contribution in [0.15, 0.2) is 5.38 Å². The molecule has 1 aromatic heterocycles. The maximum absolute atomic E-state index is 10.7. The van der Waals surface area contributed by atoms with E-state index in [9.17, 15) is 4.79 Å². The van der Waals surface area contributed by atoms with Crippen LogP contribution in [-0.4, -0.2) is 34.0 Å². The summed E-state index contributed by atoms with van der Waals surface area (Å²) in [6.45, 7) is 7.46. The van der Waals surface area contributed by atoms with Crippen LogP contribution in [-0.2, 0) is 6.54 Å². The second kappa shape index (κ2) is 4.51. The fraction of sp³-hybridized carbons (Fsp3) is 0.636. The highest BCUT2D eigenvalue weighted by Crippen LogP contribution is 2.24. The summed E-state index contributed by atoms with van der Waals surface area (Å²) in [5, 5.41) is 10.8. The van der Waals surface area contributed by atoms with Gasteiger partial charge in [0.05, 0.1) is 5.69 Å². The lowest BCUT2D eigenvalue weighted by Gasteiger charge is -2.12. The number of carbonyl (C=O) groups is 1. The Balaban J connectivity index is 1.97. The molecule has 2 atom stereocenters. The summed E-state index contributed by atoms with van der Waals surface area (Å²) < 4.78 is 0. The van der Waals surface area contributed by atoms with Crippen molar-refractivity contribution < 1.29 is 9.90 Å². The first kappa shape index (κ1) is 11.5. The van der Waals surface area contributed by atoms with Crippen LogP contribution >= 0.6 is 11.3 Å². The van der Waals surface area contributed by atoms with Crippen LogP contribution in [0.1, 0.15) is 29.3 Å². The summed E-state index contributed by atoms with van der Waals surface area (Å²) >= 11 is 1.21. The topological polar surface area (TPSA) is 53.4 Å². The molecule has 2 unspecified atom stereocenters. The zero-order valence-electron chi connectivity index (χ0n) is 9.51. The quantitative estimate of drug-likeness (QED) is 0.877. The van der Waals surface area contributed by atoms with E-state index in [1.807, 2.05) is 5.38 Å². The third-order valence-electron chi connectivity index (χ3n) is 3.18. The predicted molar refractivity (Wildman–Crippen MR) is 62.7 cm³/mol. The number of thiazole rings is 1. The molecule has 0 aliphatic carbocycles. The Labute approximate surface area is 98.9 Å². The summed E-state index contributed by atoms with van der Waals surface area (Å²) in [7, 11) is 0. The van der Waals surface area contributed by atoms with Gasteiger partial charge in [-0.15, -0.1) is 11.3 Å². The summed E-state index contributed by atoms with van der Waals surface area (Å²) in [4.78, 5) is 17.1. The molecule has 0 radical (unpaired) electrons. The summed E-state index contributed by atoms with van der Waals surface area (Å²) in [6, 6.07) is 0. The molecular formula is C11H16N2O2S. The molecule has 88 valence electrons. The average Bonchev–Trinajstić information content (AvgIpc) is 2.76. The van der Waals surface area contributed by atoms with Gasteiger partial charge in [0.15, 0.2) is 0 Å². The molecule has 5 heteroatoms. The molecule has 2 heterocycles. The van der Waals surface area contributed by atoms with Crippen molar-refractivity contribution in [2.75, 3.05) is 13.1 Å². The fourth-order valence-corrected chi connectivity index (χ4v) is 2.73. The van der Waals surface area contributed by atoms with Crippen molar-refractivity contribution >= 4 is 17.3 Å². The van der Waals surface area contributed by atoms with Crippen molar-refractivity contribution in [3.63, 3.8) is 0 Å². The van der Waals surface area contributed by atoms with Gasteiger partial charge in [-0.3, -0.25) is 4.90 Å². The largest absolute Gasteiger partial charge is 0.476 e. The van der Waals surface area contributed by atoms with Crippen LogP contribution in [0.25, 0.3) is 0 Å². The molecule has 1 N–H and O–H groups in total. The lowest BCUT2D eigenvalue weighted by Crippen LogP contribution is -2.20. The number of hydrogen-bond donors (Lipinski definition) is 1. The third kappa shape index (κ3) is 2.41. The molecule has 1 aliphatic heterocycles. The Hall–Kier alpha value is -0.940. The van der Waals surface area contributed by atoms with Crippen LogP contribution < -0.4 is 0 Å². The SMILES string of the molecule is CC1CN(Cc2csc(C(=O)O)n2)CC1C. The van der Waals surface area contributed by atoms with Crippen molar-refractivity contribution in [2.45, 2.75) is 20.4 Å². The van der Waals surface area contributed by atoms with Gasteiger partial charge < -0.3 is 5.11 Å². The van der Waals surface area contributed by atoms with Crippen LogP contribution in [0, 0.1) is 11.8 Å².